The Morgan fingerprint density at radius 2 is 1.43 bits per heavy atom. The topological polar surface area (TPSA) is 78.9 Å². The molecule has 0 rings (SSSR count). The molecular weight excluding hydrogens is 300 g/mol. The molecule has 0 spiro atoms. The van der Waals surface area contributed by atoms with Crippen molar-refractivity contribution in [3.05, 3.63) is 0 Å². The van der Waals surface area contributed by atoms with Gasteiger partial charge in [-0.15, -0.1) is 0 Å². The standard InChI is InChI=1S/C17H30O6/c1-4-7-17(20)23-13-10-15(9-12-21-14(3)18)8-6-11-22-16(19)5-2/h15H,4-13H2,1-3H3. The van der Waals surface area contributed by atoms with Crippen LogP contribution in [0.2, 0.25) is 0 Å². The Labute approximate surface area is 138 Å². The second-order valence-corrected chi connectivity index (χ2v) is 5.47. The van der Waals surface area contributed by atoms with Crippen molar-refractivity contribution in [2.24, 2.45) is 5.92 Å². The maximum absolute atomic E-state index is 11.3. The zero-order valence-corrected chi connectivity index (χ0v) is 14.6. The smallest absolute Gasteiger partial charge is 0.305 e. The van der Waals surface area contributed by atoms with Crippen LogP contribution in [0.5, 0.6) is 0 Å². The third kappa shape index (κ3) is 13.8. The number of hydrogen-bond donors (Lipinski definition) is 0. The minimum Gasteiger partial charge on any atom is -0.466 e. The molecule has 0 aliphatic carbocycles. The molecule has 0 N–H and O–H groups in total. The van der Waals surface area contributed by atoms with Crippen molar-refractivity contribution in [3.8, 4) is 0 Å². The predicted octanol–water partition coefficient (Wildman–Crippen LogP) is 3.02. The fourth-order valence-corrected chi connectivity index (χ4v) is 2.08. The fraction of sp³-hybridized carbons (Fsp3) is 0.824. The fourth-order valence-electron chi connectivity index (χ4n) is 2.08. The van der Waals surface area contributed by atoms with E-state index in [4.69, 9.17) is 14.2 Å². The number of ether oxygens (including phenoxy) is 3. The molecule has 0 aromatic heterocycles. The Kier molecular flexibility index (Phi) is 13.1. The van der Waals surface area contributed by atoms with E-state index in [1.807, 2.05) is 6.92 Å². The van der Waals surface area contributed by atoms with Gasteiger partial charge in [0, 0.05) is 19.8 Å². The van der Waals surface area contributed by atoms with Crippen molar-refractivity contribution < 1.29 is 28.6 Å². The summed E-state index contributed by atoms with van der Waals surface area (Å²) in [5.74, 6) is -0.405. The van der Waals surface area contributed by atoms with Gasteiger partial charge in [0.15, 0.2) is 0 Å². The highest BCUT2D eigenvalue weighted by Crippen LogP contribution is 2.17. The molecular formula is C17H30O6. The van der Waals surface area contributed by atoms with Gasteiger partial charge in [0.25, 0.3) is 0 Å². The monoisotopic (exact) mass is 330 g/mol. The third-order valence-corrected chi connectivity index (χ3v) is 3.38. The van der Waals surface area contributed by atoms with Gasteiger partial charge in [0.2, 0.25) is 0 Å². The quantitative estimate of drug-likeness (QED) is 0.293. The molecule has 0 saturated carbocycles. The molecule has 6 nitrogen and oxygen atoms in total. The van der Waals surface area contributed by atoms with Gasteiger partial charge >= 0.3 is 17.9 Å². The number of esters is 3. The van der Waals surface area contributed by atoms with Gasteiger partial charge in [-0.2, -0.15) is 0 Å². The van der Waals surface area contributed by atoms with Crippen LogP contribution in [-0.2, 0) is 28.6 Å². The van der Waals surface area contributed by atoms with Crippen molar-refractivity contribution in [2.45, 2.75) is 65.7 Å². The molecule has 0 aromatic carbocycles. The van der Waals surface area contributed by atoms with Gasteiger partial charge in [-0.1, -0.05) is 13.8 Å². The van der Waals surface area contributed by atoms with E-state index < -0.39 is 0 Å². The summed E-state index contributed by atoms with van der Waals surface area (Å²) in [6, 6.07) is 0. The molecule has 1 atom stereocenters. The summed E-state index contributed by atoms with van der Waals surface area (Å²) in [7, 11) is 0. The Balaban J connectivity index is 4.04. The molecule has 0 radical (unpaired) electrons. The highest BCUT2D eigenvalue weighted by molar-refractivity contribution is 5.69. The molecule has 0 fully saturated rings. The largest absolute Gasteiger partial charge is 0.466 e. The average molecular weight is 330 g/mol. The van der Waals surface area contributed by atoms with Crippen molar-refractivity contribution >= 4 is 17.9 Å². The van der Waals surface area contributed by atoms with Crippen LogP contribution in [0.1, 0.15) is 65.7 Å². The zero-order valence-electron chi connectivity index (χ0n) is 14.6. The van der Waals surface area contributed by atoms with Crippen LogP contribution in [0.4, 0.5) is 0 Å². The van der Waals surface area contributed by atoms with Crippen molar-refractivity contribution in [1.29, 1.82) is 0 Å². The second-order valence-electron chi connectivity index (χ2n) is 5.47. The normalized spacial score (nSPS) is 11.6. The molecule has 6 heteroatoms. The van der Waals surface area contributed by atoms with Crippen molar-refractivity contribution in [2.75, 3.05) is 19.8 Å². The summed E-state index contributed by atoms with van der Waals surface area (Å²) in [6.45, 7) is 6.20. The lowest BCUT2D eigenvalue weighted by Gasteiger charge is -2.17. The summed E-state index contributed by atoms with van der Waals surface area (Å²) in [6.07, 6.45) is 4.61. The Morgan fingerprint density at radius 1 is 0.826 bits per heavy atom. The molecule has 134 valence electrons. The highest BCUT2D eigenvalue weighted by atomic mass is 16.5. The van der Waals surface area contributed by atoms with Gasteiger partial charge < -0.3 is 14.2 Å². The Morgan fingerprint density at radius 3 is 2.00 bits per heavy atom. The predicted molar refractivity (Wildman–Crippen MR) is 85.7 cm³/mol. The lowest BCUT2D eigenvalue weighted by atomic mass is 9.96. The molecule has 0 aromatic rings. The van der Waals surface area contributed by atoms with Crippen LogP contribution in [0.25, 0.3) is 0 Å². The first kappa shape index (κ1) is 21.4. The van der Waals surface area contributed by atoms with Crippen LogP contribution in [-0.4, -0.2) is 37.7 Å². The SMILES string of the molecule is CCCC(=O)OCCC(CCCOC(=O)CC)CCOC(C)=O. The molecule has 23 heavy (non-hydrogen) atoms. The summed E-state index contributed by atoms with van der Waals surface area (Å²) in [5.41, 5.74) is 0. The van der Waals surface area contributed by atoms with Gasteiger partial charge in [0.1, 0.15) is 0 Å². The zero-order chi connectivity index (χ0) is 17.5. The van der Waals surface area contributed by atoms with E-state index in [1.54, 1.807) is 6.92 Å². The van der Waals surface area contributed by atoms with Crippen molar-refractivity contribution in [1.82, 2.24) is 0 Å². The van der Waals surface area contributed by atoms with Crippen LogP contribution in [0.15, 0.2) is 0 Å². The van der Waals surface area contributed by atoms with E-state index in [0.717, 1.165) is 25.7 Å². The Hall–Kier alpha value is -1.59. The molecule has 0 aliphatic rings. The molecule has 0 aliphatic heterocycles. The minimum atomic E-state index is -0.296. The van der Waals surface area contributed by atoms with Gasteiger partial charge in [0.05, 0.1) is 19.8 Å². The summed E-state index contributed by atoms with van der Waals surface area (Å²) >= 11 is 0. The third-order valence-electron chi connectivity index (χ3n) is 3.38. The number of rotatable bonds is 13. The van der Waals surface area contributed by atoms with Crippen LogP contribution in [0.3, 0.4) is 0 Å². The van der Waals surface area contributed by atoms with Gasteiger partial charge in [-0.3, -0.25) is 14.4 Å². The van der Waals surface area contributed by atoms with E-state index in [1.165, 1.54) is 6.92 Å². The van der Waals surface area contributed by atoms with Gasteiger partial charge in [-0.05, 0) is 38.0 Å². The first-order chi connectivity index (χ1) is 11.0. The maximum atomic E-state index is 11.3. The number of hydrogen-bond acceptors (Lipinski definition) is 6. The van der Waals surface area contributed by atoms with E-state index in [2.05, 4.69) is 0 Å². The maximum Gasteiger partial charge on any atom is 0.305 e. The van der Waals surface area contributed by atoms with Gasteiger partial charge in [-0.25, -0.2) is 0 Å². The summed E-state index contributed by atoms with van der Waals surface area (Å²) in [4.78, 5) is 33.2. The molecule has 0 amide bonds. The van der Waals surface area contributed by atoms with Crippen LogP contribution in [0, 0.1) is 5.92 Å². The average Bonchev–Trinajstić information content (AvgIpc) is 2.50. The molecule has 1 unspecified atom stereocenters. The van der Waals surface area contributed by atoms with E-state index in [9.17, 15) is 14.4 Å². The lowest BCUT2D eigenvalue weighted by molar-refractivity contribution is -0.145. The second kappa shape index (κ2) is 14.0. The highest BCUT2D eigenvalue weighted by Gasteiger charge is 2.12. The number of carbonyl (C=O) groups is 3. The minimum absolute atomic E-state index is 0.178. The summed E-state index contributed by atoms with van der Waals surface area (Å²) in [5, 5.41) is 0. The molecule has 0 saturated heterocycles. The van der Waals surface area contributed by atoms with Crippen LogP contribution >= 0.6 is 0 Å². The van der Waals surface area contributed by atoms with E-state index in [-0.39, 0.29) is 23.8 Å². The van der Waals surface area contributed by atoms with Crippen molar-refractivity contribution in [3.63, 3.8) is 0 Å². The molecule has 0 bridgehead atoms. The van der Waals surface area contributed by atoms with Crippen LogP contribution < -0.4 is 0 Å². The summed E-state index contributed by atoms with van der Waals surface area (Å²) < 4.78 is 15.2. The Bertz CT molecular complexity index is 353. The number of carbonyl (C=O) groups excluding carboxylic acids is 3. The molecule has 0 heterocycles. The first-order valence-corrected chi connectivity index (χ1v) is 8.44. The van der Waals surface area contributed by atoms with E-state index >= 15 is 0 Å². The lowest BCUT2D eigenvalue weighted by Crippen LogP contribution is -2.14. The first-order valence-electron chi connectivity index (χ1n) is 8.44. The van der Waals surface area contributed by atoms with E-state index in [0.29, 0.717) is 39.1 Å².